The summed E-state index contributed by atoms with van der Waals surface area (Å²) < 4.78 is 21.4. The Labute approximate surface area is 148 Å². The average molecular weight is 359 g/mol. The third kappa shape index (κ3) is 7.05. The van der Waals surface area contributed by atoms with Crippen molar-refractivity contribution < 1.29 is 34.3 Å². The lowest BCUT2D eigenvalue weighted by atomic mass is 10.2. The molecule has 1 aromatic carbocycles. The van der Waals surface area contributed by atoms with Crippen LogP contribution in [0.25, 0.3) is 0 Å². The van der Waals surface area contributed by atoms with Crippen molar-refractivity contribution in [1.82, 2.24) is 4.90 Å². The van der Waals surface area contributed by atoms with Crippen LogP contribution in [0.1, 0.15) is 5.56 Å². The van der Waals surface area contributed by atoms with Crippen LogP contribution in [0.5, 0.6) is 17.2 Å². The van der Waals surface area contributed by atoms with Gasteiger partial charge < -0.3 is 34.3 Å². The molecule has 0 spiro atoms. The largest absolute Gasteiger partial charge is 0.493 e. The molecule has 0 radical (unpaired) electrons. The molecule has 0 aliphatic rings. The van der Waals surface area contributed by atoms with E-state index in [1.54, 1.807) is 31.3 Å². The molecule has 0 aromatic heterocycles. The van der Waals surface area contributed by atoms with Gasteiger partial charge in [0.05, 0.1) is 53.9 Å². The Morgan fingerprint density at radius 3 is 1.96 bits per heavy atom. The van der Waals surface area contributed by atoms with Crippen LogP contribution in [0.2, 0.25) is 0 Å². The van der Waals surface area contributed by atoms with Crippen molar-refractivity contribution in [3.05, 3.63) is 17.7 Å². The maximum atomic E-state index is 10.0. The van der Waals surface area contributed by atoms with Gasteiger partial charge in [-0.05, 0) is 17.7 Å². The molecule has 1 unspecified atom stereocenters. The summed E-state index contributed by atoms with van der Waals surface area (Å²) in [5, 5.41) is 28.0. The minimum absolute atomic E-state index is 0.0288. The molecule has 0 aliphatic heterocycles. The van der Waals surface area contributed by atoms with Crippen molar-refractivity contribution in [3.8, 4) is 17.2 Å². The molecule has 25 heavy (non-hydrogen) atoms. The predicted octanol–water partition coefficient (Wildman–Crippen LogP) is -0.123. The molecule has 1 atom stereocenters. The second-order valence-corrected chi connectivity index (χ2v) is 5.45. The second-order valence-electron chi connectivity index (χ2n) is 5.45. The average Bonchev–Trinajstić information content (AvgIpc) is 2.61. The fraction of sp³-hybridized carbons (Fsp3) is 0.647. The third-order valence-electron chi connectivity index (χ3n) is 3.60. The van der Waals surface area contributed by atoms with Crippen molar-refractivity contribution in [2.24, 2.45) is 0 Å². The number of aliphatic hydroxyl groups is 3. The summed E-state index contributed by atoms with van der Waals surface area (Å²) in [6.07, 6.45) is -0.722. The second kappa shape index (κ2) is 11.9. The zero-order valence-electron chi connectivity index (χ0n) is 15.1. The van der Waals surface area contributed by atoms with Crippen molar-refractivity contribution in [1.29, 1.82) is 0 Å². The van der Waals surface area contributed by atoms with Gasteiger partial charge in [-0.15, -0.1) is 0 Å². The van der Waals surface area contributed by atoms with Gasteiger partial charge in [-0.2, -0.15) is 0 Å². The van der Waals surface area contributed by atoms with Gasteiger partial charge in [0.15, 0.2) is 11.5 Å². The van der Waals surface area contributed by atoms with Crippen LogP contribution in [-0.4, -0.2) is 87.1 Å². The predicted molar refractivity (Wildman–Crippen MR) is 92.4 cm³/mol. The van der Waals surface area contributed by atoms with Crippen LogP contribution >= 0.6 is 0 Å². The maximum absolute atomic E-state index is 10.0. The van der Waals surface area contributed by atoms with Crippen molar-refractivity contribution in [3.63, 3.8) is 0 Å². The van der Waals surface area contributed by atoms with E-state index < -0.39 is 6.10 Å². The van der Waals surface area contributed by atoms with Crippen LogP contribution in [0.3, 0.4) is 0 Å². The standard InChI is InChI=1S/C17H29NO7/c1-22-15-8-13(9-16(23-2)17(15)24-3)11-25-12-14(21)10-18(4-6-19)5-7-20/h8-9,14,19-21H,4-7,10-12H2,1-3H3. The summed E-state index contributed by atoms with van der Waals surface area (Å²) in [6.45, 7) is 1.45. The number of ether oxygens (including phenoxy) is 4. The smallest absolute Gasteiger partial charge is 0.203 e. The quantitative estimate of drug-likeness (QED) is 0.448. The molecule has 0 saturated carbocycles. The fourth-order valence-electron chi connectivity index (χ4n) is 2.46. The van der Waals surface area contributed by atoms with E-state index in [-0.39, 0.29) is 26.4 Å². The van der Waals surface area contributed by atoms with E-state index >= 15 is 0 Å². The molecular weight excluding hydrogens is 330 g/mol. The van der Waals surface area contributed by atoms with Gasteiger partial charge >= 0.3 is 0 Å². The van der Waals surface area contributed by atoms with Crippen LogP contribution in [-0.2, 0) is 11.3 Å². The van der Waals surface area contributed by atoms with Crippen LogP contribution < -0.4 is 14.2 Å². The highest BCUT2D eigenvalue weighted by Gasteiger charge is 2.14. The van der Waals surface area contributed by atoms with E-state index in [4.69, 9.17) is 29.2 Å². The summed E-state index contributed by atoms with van der Waals surface area (Å²) in [7, 11) is 4.63. The molecule has 1 rings (SSSR count). The summed E-state index contributed by atoms with van der Waals surface area (Å²) in [5.41, 5.74) is 0.823. The Morgan fingerprint density at radius 2 is 1.52 bits per heavy atom. The maximum Gasteiger partial charge on any atom is 0.203 e. The lowest BCUT2D eigenvalue weighted by Gasteiger charge is -2.23. The Bertz CT molecular complexity index is 467. The first-order valence-corrected chi connectivity index (χ1v) is 8.08. The van der Waals surface area contributed by atoms with E-state index in [1.807, 2.05) is 0 Å². The van der Waals surface area contributed by atoms with E-state index in [2.05, 4.69) is 0 Å². The number of benzene rings is 1. The molecule has 0 aliphatic carbocycles. The molecule has 0 heterocycles. The summed E-state index contributed by atoms with van der Waals surface area (Å²) in [5.74, 6) is 1.59. The Hall–Kier alpha value is -1.58. The highest BCUT2D eigenvalue weighted by Crippen LogP contribution is 2.38. The molecule has 0 amide bonds. The highest BCUT2D eigenvalue weighted by molar-refractivity contribution is 5.53. The third-order valence-corrected chi connectivity index (χ3v) is 3.60. The summed E-state index contributed by atoms with van der Waals surface area (Å²) in [6, 6.07) is 3.58. The number of methoxy groups -OCH3 is 3. The van der Waals surface area contributed by atoms with Gasteiger partial charge in [-0.25, -0.2) is 0 Å². The van der Waals surface area contributed by atoms with Crippen LogP contribution in [0, 0.1) is 0 Å². The number of hydrogen-bond acceptors (Lipinski definition) is 8. The van der Waals surface area contributed by atoms with Gasteiger partial charge in [0.25, 0.3) is 0 Å². The first-order valence-electron chi connectivity index (χ1n) is 8.08. The van der Waals surface area contributed by atoms with Crippen LogP contribution in [0.15, 0.2) is 12.1 Å². The SMILES string of the molecule is COc1cc(COCC(O)CN(CCO)CCO)cc(OC)c1OC. The van der Waals surface area contributed by atoms with E-state index in [0.29, 0.717) is 36.9 Å². The lowest BCUT2D eigenvalue weighted by molar-refractivity contribution is 0.00516. The van der Waals surface area contributed by atoms with E-state index in [9.17, 15) is 5.11 Å². The van der Waals surface area contributed by atoms with Gasteiger partial charge in [0, 0.05) is 19.6 Å². The Balaban J connectivity index is 2.57. The Kier molecular flexibility index (Phi) is 10.2. The van der Waals surface area contributed by atoms with Crippen molar-refractivity contribution in [2.75, 3.05) is 60.8 Å². The number of hydrogen-bond donors (Lipinski definition) is 3. The van der Waals surface area contributed by atoms with Crippen molar-refractivity contribution >= 4 is 0 Å². The zero-order valence-corrected chi connectivity index (χ0v) is 15.1. The molecule has 8 heteroatoms. The zero-order chi connectivity index (χ0) is 18.7. The number of rotatable bonds is 13. The number of aliphatic hydroxyl groups excluding tert-OH is 3. The molecule has 144 valence electrons. The first kappa shape index (κ1) is 21.5. The monoisotopic (exact) mass is 359 g/mol. The Morgan fingerprint density at radius 1 is 0.960 bits per heavy atom. The van der Waals surface area contributed by atoms with Crippen LogP contribution in [0.4, 0.5) is 0 Å². The highest BCUT2D eigenvalue weighted by atomic mass is 16.5. The molecule has 0 bridgehead atoms. The summed E-state index contributed by atoms with van der Waals surface area (Å²) in [4.78, 5) is 1.77. The normalized spacial score (nSPS) is 12.3. The van der Waals surface area contributed by atoms with Gasteiger partial charge in [0.1, 0.15) is 0 Å². The minimum Gasteiger partial charge on any atom is -0.493 e. The topological polar surface area (TPSA) is 101 Å². The van der Waals surface area contributed by atoms with Gasteiger partial charge in [-0.3, -0.25) is 4.90 Å². The first-order chi connectivity index (χ1) is 12.1. The van der Waals surface area contributed by atoms with E-state index in [0.717, 1.165) is 5.56 Å². The minimum atomic E-state index is -0.722. The molecule has 0 fully saturated rings. The number of nitrogens with zero attached hydrogens (tertiary/aromatic N) is 1. The molecule has 0 saturated heterocycles. The van der Waals surface area contributed by atoms with Crippen molar-refractivity contribution in [2.45, 2.75) is 12.7 Å². The van der Waals surface area contributed by atoms with E-state index in [1.165, 1.54) is 7.11 Å². The molecule has 3 N–H and O–H groups in total. The molecule has 8 nitrogen and oxygen atoms in total. The molecular formula is C17H29NO7. The lowest BCUT2D eigenvalue weighted by Crippen LogP contribution is -2.38. The molecule has 1 aromatic rings. The summed E-state index contributed by atoms with van der Waals surface area (Å²) >= 11 is 0. The fourth-order valence-corrected chi connectivity index (χ4v) is 2.46. The van der Waals surface area contributed by atoms with Gasteiger partial charge in [0.2, 0.25) is 5.75 Å². The van der Waals surface area contributed by atoms with Gasteiger partial charge in [-0.1, -0.05) is 0 Å².